The number of hydrogen-bond donors (Lipinski definition) is 1. The summed E-state index contributed by atoms with van der Waals surface area (Å²) in [4.78, 5) is 34.4. The summed E-state index contributed by atoms with van der Waals surface area (Å²) in [5.41, 5.74) is 1.09. The Morgan fingerprint density at radius 2 is 1.90 bits per heavy atom. The normalized spacial score (nSPS) is 10.5. The molecule has 1 N–H and O–H groups in total. The van der Waals surface area contributed by atoms with E-state index in [0.29, 0.717) is 27.6 Å². The number of rotatable bonds is 6. The summed E-state index contributed by atoms with van der Waals surface area (Å²) in [5.74, 6) is 0.452. The van der Waals surface area contributed by atoms with Gasteiger partial charge in [-0.05, 0) is 48.5 Å². The first-order chi connectivity index (χ1) is 14.2. The van der Waals surface area contributed by atoms with Crippen molar-refractivity contribution in [1.29, 1.82) is 0 Å². The Bertz CT molecular complexity index is 1140. The molecule has 0 spiro atoms. The third-order valence-corrected chi connectivity index (χ3v) is 5.03. The number of carbonyl (C=O) groups excluding carboxylic acids is 2. The molecule has 0 radical (unpaired) electrons. The number of ether oxygens (including phenoxy) is 1. The van der Waals surface area contributed by atoms with Gasteiger partial charge in [0.15, 0.2) is 10.9 Å². The standard InChI is InChI=1S/C21H15N3O4S/c1-27-14-9-7-13(8-10-14)20(26)24-21-23-17(16-6-4-12-28-16)19(29-21)18(25)15-5-2-3-11-22-15/h2-12H,1H3,(H,23,24,26). The monoisotopic (exact) mass is 405 g/mol. The van der Waals surface area contributed by atoms with Crippen LogP contribution in [0.15, 0.2) is 71.5 Å². The number of amides is 1. The number of nitrogens with zero attached hydrogens (tertiary/aromatic N) is 2. The molecule has 0 fully saturated rings. The third kappa shape index (κ3) is 3.92. The maximum absolute atomic E-state index is 12.9. The van der Waals surface area contributed by atoms with Crippen molar-refractivity contribution in [1.82, 2.24) is 9.97 Å². The molecule has 29 heavy (non-hydrogen) atoms. The van der Waals surface area contributed by atoms with E-state index in [9.17, 15) is 9.59 Å². The topological polar surface area (TPSA) is 94.3 Å². The first-order valence-corrected chi connectivity index (χ1v) is 9.43. The number of pyridine rings is 1. The van der Waals surface area contributed by atoms with Crippen molar-refractivity contribution in [3.05, 3.63) is 83.2 Å². The second-order valence-corrected chi connectivity index (χ2v) is 6.90. The van der Waals surface area contributed by atoms with Crippen molar-refractivity contribution in [3.63, 3.8) is 0 Å². The molecule has 0 aliphatic carbocycles. The molecule has 0 bridgehead atoms. The minimum absolute atomic E-state index is 0.288. The van der Waals surface area contributed by atoms with E-state index in [4.69, 9.17) is 9.15 Å². The lowest BCUT2D eigenvalue weighted by molar-refractivity contribution is 0.102. The second-order valence-electron chi connectivity index (χ2n) is 5.90. The zero-order valence-corrected chi connectivity index (χ0v) is 16.1. The average Bonchev–Trinajstić information content (AvgIpc) is 3.44. The zero-order valence-electron chi connectivity index (χ0n) is 15.3. The molecule has 0 atom stereocenters. The molecule has 3 aromatic heterocycles. The molecule has 3 heterocycles. The number of anilines is 1. The molecule has 1 amide bonds. The van der Waals surface area contributed by atoms with Gasteiger partial charge in [-0.25, -0.2) is 4.98 Å². The van der Waals surface area contributed by atoms with Gasteiger partial charge in [0.25, 0.3) is 5.91 Å². The SMILES string of the molecule is COc1ccc(C(=O)Nc2nc(-c3ccco3)c(C(=O)c3ccccn3)s2)cc1. The number of aromatic nitrogens is 2. The van der Waals surface area contributed by atoms with Crippen LogP contribution in [-0.2, 0) is 0 Å². The van der Waals surface area contributed by atoms with Crippen molar-refractivity contribution in [2.75, 3.05) is 12.4 Å². The van der Waals surface area contributed by atoms with Crippen LogP contribution < -0.4 is 10.1 Å². The second kappa shape index (κ2) is 8.07. The Morgan fingerprint density at radius 3 is 2.55 bits per heavy atom. The summed E-state index contributed by atoms with van der Waals surface area (Å²) >= 11 is 1.07. The fraction of sp³-hybridized carbons (Fsp3) is 0.0476. The van der Waals surface area contributed by atoms with Crippen molar-refractivity contribution < 1.29 is 18.7 Å². The van der Waals surface area contributed by atoms with Gasteiger partial charge in [0.2, 0.25) is 5.78 Å². The van der Waals surface area contributed by atoms with Gasteiger partial charge in [-0.2, -0.15) is 0 Å². The lowest BCUT2D eigenvalue weighted by atomic mass is 10.1. The number of benzene rings is 1. The van der Waals surface area contributed by atoms with Crippen LogP contribution >= 0.6 is 11.3 Å². The summed E-state index contributed by atoms with van der Waals surface area (Å²) < 4.78 is 10.5. The number of furan rings is 1. The van der Waals surface area contributed by atoms with E-state index in [1.54, 1.807) is 67.9 Å². The van der Waals surface area contributed by atoms with Gasteiger partial charge in [0.05, 0.1) is 13.4 Å². The highest BCUT2D eigenvalue weighted by molar-refractivity contribution is 7.18. The fourth-order valence-electron chi connectivity index (χ4n) is 2.63. The van der Waals surface area contributed by atoms with Crippen molar-refractivity contribution in [2.24, 2.45) is 0 Å². The smallest absolute Gasteiger partial charge is 0.257 e. The van der Waals surface area contributed by atoms with Crippen LogP contribution in [0.3, 0.4) is 0 Å². The molecule has 0 saturated carbocycles. The molecule has 0 aliphatic rings. The number of carbonyl (C=O) groups is 2. The van der Waals surface area contributed by atoms with Crippen molar-refractivity contribution in [3.8, 4) is 17.2 Å². The summed E-state index contributed by atoms with van der Waals surface area (Å²) in [6, 6.07) is 15.2. The highest BCUT2D eigenvalue weighted by atomic mass is 32.1. The van der Waals surface area contributed by atoms with Gasteiger partial charge >= 0.3 is 0 Å². The minimum atomic E-state index is -0.343. The van der Waals surface area contributed by atoms with Gasteiger partial charge in [0, 0.05) is 11.8 Å². The van der Waals surface area contributed by atoms with E-state index in [1.165, 1.54) is 6.26 Å². The number of nitrogens with one attached hydrogen (secondary N) is 1. The molecular formula is C21H15N3O4S. The highest BCUT2D eigenvalue weighted by Crippen LogP contribution is 2.33. The summed E-state index contributed by atoms with van der Waals surface area (Å²) in [6.45, 7) is 0. The summed E-state index contributed by atoms with van der Waals surface area (Å²) in [5, 5.41) is 3.03. The molecule has 4 aromatic rings. The molecule has 0 unspecified atom stereocenters. The van der Waals surface area contributed by atoms with Crippen LogP contribution in [0.1, 0.15) is 25.7 Å². The minimum Gasteiger partial charge on any atom is -0.497 e. The molecule has 144 valence electrons. The van der Waals surface area contributed by atoms with Gasteiger partial charge in [0.1, 0.15) is 22.0 Å². The van der Waals surface area contributed by atoms with Crippen LogP contribution in [-0.4, -0.2) is 28.8 Å². The van der Waals surface area contributed by atoms with Gasteiger partial charge in [-0.1, -0.05) is 17.4 Å². The van der Waals surface area contributed by atoms with Crippen LogP contribution in [0, 0.1) is 0 Å². The first-order valence-electron chi connectivity index (χ1n) is 8.61. The molecule has 1 aromatic carbocycles. The van der Waals surface area contributed by atoms with E-state index < -0.39 is 0 Å². The molecule has 7 nitrogen and oxygen atoms in total. The van der Waals surface area contributed by atoms with Crippen LogP contribution in [0.5, 0.6) is 5.75 Å². The van der Waals surface area contributed by atoms with E-state index in [0.717, 1.165) is 11.3 Å². The Hall–Kier alpha value is -3.78. The quantitative estimate of drug-likeness (QED) is 0.481. The predicted molar refractivity (Wildman–Crippen MR) is 108 cm³/mol. The van der Waals surface area contributed by atoms with E-state index in [-0.39, 0.29) is 22.5 Å². The molecular weight excluding hydrogens is 390 g/mol. The predicted octanol–water partition coefficient (Wildman–Crippen LogP) is 4.29. The molecule has 8 heteroatoms. The Morgan fingerprint density at radius 1 is 1.07 bits per heavy atom. The number of methoxy groups -OCH3 is 1. The van der Waals surface area contributed by atoms with Gasteiger partial charge in [-0.3, -0.25) is 19.9 Å². The lowest BCUT2D eigenvalue weighted by Crippen LogP contribution is -2.11. The van der Waals surface area contributed by atoms with Gasteiger partial charge in [-0.15, -0.1) is 0 Å². The van der Waals surface area contributed by atoms with Crippen LogP contribution in [0.25, 0.3) is 11.5 Å². The average molecular weight is 405 g/mol. The zero-order chi connectivity index (χ0) is 20.2. The lowest BCUT2D eigenvalue weighted by Gasteiger charge is -2.03. The van der Waals surface area contributed by atoms with Crippen molar-refractivity contribution in [2.45, 2.75) is 0 Å². The largest absolute Gasteiger partial charge is 0.497 e. The Kier molecular flexibility index (Phi) is 5.17. The summed E-state index contributed by atoms with van der Waals surface area (Å²) in [7, 11) is 1.56. The number of thiazole rings is 1. The highest BCUT2D eigenvalue weighted by Gasteiger charge is 2.24. The number of ketones is 1. The Labute approximate surface area is 170 Å². The number of hydrogen-bond acceptors (Lipinski definition) is 7. The van der Waals surface area contributed by atoms with E-state index in [1.807, 2.05) is 0 Å². The maximum Gasteiger partial charge on any atom is 0.257 e. The first kappa shape index (κ1) is 18.6. The van der Waals surface area contributed by atoms with Crippen LogP contribution in [0.2, 0.25) is 0 Å². The van der Waals surface area contributed by atoms with E-state index in [2.05, 4.69) is 15.3 Å². The molecule has 0 aliphatic heterocycles. The van der Waals surface area contributed by atoms with Crippen molar-refractivity contribution >= 4 is 28.2 Å². The fourth-order valence-corrected chi connectivity index (χ4v) is 3.55. The Balaban J connectivity index is 1.66. The third-order valence-electron chi connectivity index (χ3n) is 4.06. The summed E-state index contributed by atoms with van der Waals surface area (Å²) in [6.07, 6.45) is 3.05. The maximum atomic E-state index is 12.9. The molecule has 4 rings (SSSR count). The van der Waals surface area contributed by atoms with Gasteiger partial charge < -0.3 is 9.15 Å². The molecule has 0 saturated heterocycles. The van der Waals surface area contributed by atoms with Crippen LogP contribution in [0.4, 0.5) is 5.13 Å². The van der Waals surface area contributed by atoms with E-state index >= 15 is 0 Å².